The number of carbonyl (C=O) groups excluding carboxylic acids is 2. The fraction of sp³-hybridized carbons (Fsp3) is 0.227. The minimum atomic E-state index is -0.344. The maximum atomic E-state index is 12.4. The Labute approximate surface area is 176 Å². The summed E-state index contributed by atoms with van der Waals surface area (Å²) in [7, 11) is 0. The third-order valence-corrected chi connectivity index (χ3v) is 4.36. The molecule has 0 spiro atoms. The van der Waals surface area contributed by atoms with Gasteiger partial charge in [0.2, 0.25) is 0 Å². The Morgan fingerprint density at radius 1 is 0.931 bits per heavy atom. The number of hydrogen-bond acceptors (Lipinski definition) is 3. The number of rotatable bonds is 5. The Morgan fingerprint density at radius 3 is 2.03 bits per heavy atom. The van der Waals surface area contributed by atoms with E-state index < -0.39 is 0 Å². The third-order valence-electron chi connectivity index (χ3n) is 4.11. The minimum Gasteiger partial charge on any atom is -0.358 e. The number of anilines is 1. The second kappa shape index (κ2) is 9.84. The van der Waals surface area contributed by atoms with Crippen LogP contribution in [0.4, 0.5) is 5.69 Å². The number of hydrogen-bond donors (Lipinski definition) is 4. The van der Waals surface area contributed by atoms with Crippen LogP contribution in [-0.4, -0.2) is 23.5 Å². The van der Waals surface area contributed by atoms with Gasteiger partial charge in [0.15, 0.2) is 5.11 Å². The molecule has 2 amide bonds. The quantitative estimate of drug-likeness (QED) is 0.344. The highest BCUT2D eigenvalue weighted by Crippen LogP contribution is 2.22. The predicted octanol–water partition coefficient (Wildman–Crippen LogP) is 3.53. The van der Waals surface area contributed by atoms with Crippen LogP contribution in [-0.2, 0) is 5.41 Å². The van der Waals surface area contributed by atoms with E-state index in [1.807, 2.05) is 24.3 Å². The molecule has 0 atom stereocenters. The molecule has 0 fully saturated rings. The molecule has 0 aliphatic rings. The lowest BCUT2D eigenvalue weighted by Gasteiger charge is -2.19. The maximum Gasteiger partial charge on any atom is 0.269 e. The van der Waals surface area contributed by atoms with Crippen LogP contribution in [0.5, 0.6) is 0 Å². The molecule has 0 unspecified atom stereocenters. The number of thiocarbonyl (C=S) groups is 1. The predicted molar refractivity (Wildman–Crippen MR) is 121 cm³/mol. The molecule has 0 heterocycles. The van der Waals surface area contributed by atoms with Gasteiger partial charge in [0.25, 0.3) is 11.8 Å². The molecule has 0 saturated carbocycles. The first-order valence-electron chi connectivity index (χ1n) is 9.18. The zero-order valence-corrected chi connectivity index (χ0v) is 17.7. The van der Waals surface area contributed by atoms with Crippen LogP contribution in [0.3, 0.4) is 0 Å². The van der Waals surface area contributed by atoms with Crippen LogP contribution >= 0.6 is 12.2 Å². The third kappa shape index (κ3) is 6.73. The molecule has 2 rings (SSSR count). The van der Waals surface area contributed by atoms with Crippen molar-refractivity contribution in [3.63, 3.8) is 0 Å². The van der Waals surface area contributed by atoms with Crippen molar-refractivity contribution in [2.75, 3.05) is 11.9 Å². The monoisotopic (exact) mass is 410 g/mol. The van der Waals surface area contributed by atoms with E-state index >= 15 is 0 Å². The lowest BCUT2D eigenvalue weighted by molar-refractivity contribution is 0.0943. The number of hydrazine groups is 1. The van der Waals surface area contributed by atoms with Crippen LogP contribution in [0.2, 0.25) is 0 Å². The van der Waals surface area contributed by atoms with Gasteiger partial charge in [0.1, 0.15) is 0 Å². The summed E-state index contributed by atoms with van der Waals surface area (Å²) < 4.78 is 0. The molecule has 2 aromatic rings. The van der Waals surface area contributed by atoms with E-state index in [0.717, 1.165) is 5.56 Å². The van der Waals surface area contributed by atoms with Crippen molar-refractivity contribution in [2.24, 2.45) is 0 Å². The van der Waals surface area contributed by atoms with Crippen molar-refractivity contribution in [1.82, 2.24) is 16.2 Å². The minimum absolute atomic E-state index is 0.0335. The molecule has 0 aromatic heterocycles. The highest BCUT2D eigenvalue weighted by molar-refractivity contribution is 7.80. The number of benzene rings is 2. The summed E-state index contributed by atoms with van der Waals surface area (Å²) in [6.45, 7) is 10.4. The average Bonchev–Trinajstić information content (AvgIpc) is 2.70. The van der Waals surface area contributed by atoms with Gasteiger partial charge in [-0.15, -0.1) is 6.58 Å². The molecule has 4 N–H and O–H groups in total. The van der Waals surface area contributed by atoms with Gasteiger partial charge in [-0.05, 0) is 59.6 Å². The summed E-state index contributed by atoms with van der Waals surface area (Å²) in [5.41, 5.74) is 7.90. The van der Waals surface area contributed by atoms with Crippen LogP contribution in [0.25, 0.3) is 0 Å². The summed E-state index contributed by atoms with van der Waals surface area (Å²) in [5, 5.41) is 5.96. The molecule has 7 heteroatoms. The lowest BCUT2D eigenvalue weighted by atomic mass is 9.87. The molecule has 6 nitrogen and oxygen atoms in total. The van der Waals surface area contributed by atoms with Crippen LogP contribution in [0.1, 0.15) is 47.1 Å². The Hall–Kier alpha value is -3.19. The highest BCUT2D eigenvalue weighted by atomic mass is 32.1. The number of carbonyl (C=O) groups is 2. The van der Waals surface area contributed by atoms with E-state index in [2.05, 4.69) is 48.8 Å². The molecule has 0 radical (unpaired) electrons. The first-order valence-corrected chi connectivity index (χ1v) is 9.58. The van der Waals surface area contributed by atoms with Gasteiger partial charge in [0.05, 0.1) is 0 Å². The molecule has 0 saturated heterocycles. The molecular formula is C22H26N4O2S. The SMILES string of the molecule is C=CCNC(=S)NNC(=O)c1ccc(NC(=O)c2ccc(C(C)(C)C)cc2)cc1. The van der Waals surface area contributed by atoms with Gasteiger partial charge in [-0.2, -0.15) is 0 Å². The number of amides is 2. The second-order valence-electron chi connectivity index (χ2n) is 7.44. The summed E-state index contributed by atoms with van der Waals surface area (Å²) in [6, 6.07) is 14.1. The molecule has 152 valence electrons. The van der Waals surface area contributed by atoms with Crippen molar-refractivity contribution in [2.45, 2.75) is 26.2 Å². The van der Waals surface area contributed by atoms with Gasteiger partial charge >= 0.3 is 0 Å². The summed E-state index contributed by atoms with van der Waals surface area (Å²) in [4.78, 5) is 24.6. The van der Waals surface area contributed by atoms with Gasteiger partial charge < -0.3 is 10.6 Å². The molecule has 0 aliphatic carbocycles. The van der Waals surface area contributed by atoms with Crippen molar-refractivity contribution < 1.29 is 9.59 Å². The van der Waals surface area contributed by atoms with Crippen LogP contribution in [0, 0.1) is 0 Å². The van der Waals surface area contributed by atoms with E-state index in [-0.39, 0.29) is 17.2 Å². The van der Waals surface area contributed by atoms with Gasteiger partial charge in [-0.1, -0.05) is 39.0 Å². The molecule has 29 heavy (non-hydrogen) atoms. The lowest BCUT2D eigenvalue weighted by Crippen LogP contribution is -2.46. The van der Waals surface area contributed by atoms with Crippen molar-refractivity contribution in [1.29, 1.82) is 0 Å². The summed E-state index contributed by atoms with van der Waals surface area (Å²) in [5.74, 6) is -0.550. The first kappa shape index (κ1) is 22.1. The van der Waals surface area contributed by atoms with E-state index in [4.69, 9.17) is 12.2 Å². The second-order valence-corrected chi connectivity index (χ2v) is 7.84. The Bertz CT molecular complexity index is 885. The van der Waals surface area contributed by atoms with Crippen LogP contribution in [0.15, 0.2) is 61.2 Å². The topological polar surface area (TPSA) is 82.3 Å². The molecule has 2 aromatic carbocycles. The van der Waals surface area contributed by atoms with Crippen molar-refractivity contribution >= 4 is 34.8 Å². The zero-order valence-electron chi connectivity index (χ0n) is 16.8. The Kier molecular flexibility index (Phi) is 7.50. The van der Waals surface area contributed by atoms with Gasteiger partial charge in [0, 0.05) is 23.4 Å². The maximum absolute atomic E-state index is 12.4. The van der Waals surface area contributed by atoms with Crippen molar-refractivity contribution in [3.05, 3.63) is 77.9 Å². The van der Waals surface area contributed by atoms with Crippen LogP contribution < -0.4 is 21.5 Å². The van der Waals surface area contributed by atoms with Gasteiger partial charge in [-0.3, -0.25) is 20.4 Å². The van der Waals surface area contributed by atoms with E-state index in [0.29, 0.717) is 28.5 Å². The van der Waals surface area contributed by atoms with E-state index in [1.54, 1.807) is 30.3 Å². The van der Waals surface area contributed by atoms with E-state index in [9.17, 15) is 9.59 Å². The standard InChI is InChI=1S/C22H26N4O2S/c1-5-14-23-21(29)26-25-20(28)16-8-12-18(13-9-16)24-19(27)15-6-10-17(11-7-15)22(2,3)4/h5-13H,1,14H2,2-4H3,(H,24,27)(H,25,28)(H2,23,26,29). The van der Waals surface area contributed by atoms with Crippen molar-refractivity contribution in [3.8, 4) is 0 Å². The fourth-order valence-corrected chi connectivity index (χ4v) is 2.56. The summed E-state index contributed by atoms with van der Waals surface area (Å²) >= 11 is 5.00. The van der Waals surface area contributed by atoms with Gasteiger partial charge in [-0.25, -0.2) is 0 Å². The molecule has 0 bridgehead atoms. The number of nitrogens with one attached hydrogen (secondary N) is 4. The smallest absolute Gasteiger partial charge is 0.269 e. The first-order chi connectivity index (χ1) is 13.7. The zero-order chi connectivity index (χ0) is 21.4. The fourth-order valence-electron chi connectivity index (χ4n) is 2.42. The molecular weight excluding hydrogens is 384 g/mol. The van der Waals surface area contributed by atoms with E-state index in [1.165, 1.54) is 0 Å². The Balaban J connectivity index is 1.92. The highest BCUT2D eigenvalue weighted by Gasteiger charge is 2.14. The molecule has 0 aliphatic heterocycles. The Morgan fingerprint density at radius 2 is 1.48 bits per heavy atom. The normalized spacial score (nSPS) is 10.6. The average molecular weight is 411 g/mol. The summed E-state index contributed by atoms with van der Waals surface area (Å²) in [6.07, 6.45) is 1.65. The largest absolute Gasteiger partial charge is 0.358 e.